The second-order valence-corrected chi connectivity index (χ2v) is 6.83. The number of rotatable bonds is 10. The van der Waals surface area contributed by atoms with Crippen LogP contribution in [0.3, 0.4) is 0 Å². The predicted octanol–water partition coefficient (Wildman–Crippen LogP) is 4.35. The van der Waals surface area contributed by atoms with Crippen molar-refractivity contribution in [3.8, 4) is 0 Å². The van der Waals surface area contributed by atoms with Gasteiger partial charge in [0.15, 0.2) is 0 Å². The lowest BCUT2D eigenvalue weighted by Gasteiger charge is -2.21. The molecule has 0 aromatic heterocycles. The highest BCUT2D eigenvalue weighted by molar-refractivity contribution is 5.67. The number of aliphatic carboxylic acids is 1. The molecule has 0 bridgehead atoms. The van der Waals surface area contributed by atoms with Crippen LogP contribution in [0.25, 0.3) is 0 Å². The molecule has 0 aromatic rings. The summed E-state index contributed by atoms with van der Waals surface area (Å²) >= 11 is 0. The van der Waals surface area contributed by atoms with Crippen molar-refractivity contribution >= 4 is 5.97 Å². The van der Waals surface area contributed by atoms with Crippen molar-refractivity contribution in [2.75, 3.05) is 0 Å². The van der Waals surface area contributed by atoms with Gasteiger partial charge in [-0.3, -0.25) is 4.79 Å². The van der Waals surface area contributed by atoms with Gasteiger partial charge in [-0.25, -0.2) is 0 Å². The van der Waals surface area contributed by atoms with Crippen LogP contribution in [0.4, 0.5) is 0 Å². The van der Waals surface area contributed by atoms with E-state index >= 15 is 0 Å². The Labute approximate surface area is 124 Å². The molecule has 1 aliphatic rings. The standard InChI is InChI=1S/C17H33NO2/c1-14(11-12-16(18)13-17(19)20)7-5-6-10-15-8-3-2-4-9-15/h14-16H,2-13,18H2,1H3,(H,19,20)/t14-,16-/m0/s1. The molecule has 0 saturated heterocycles. The molecule has 0 heterocycles. The van der Waals surface area contributed by atoms with Gasteiger partial charge in [0.25, 0.3) is 0 Å². The third-order valence-corrected chi connectivity index (χ3v) is 4.75. The summed E-state index contributed by atoms with van der Waals surface area (Å²) in [7, 11) is 0. The quantitative estimate of drug-likeness (QED) is 0.586. The second-order valence-electron chi connectivity index (χ2n) is 6.83. The minimum absolute atomic E-state index is 0.106. The van der Waals surface area contributed by atoms with Crippen LogP contribution in [-0.2, 0) is 4.79 Å². The van der Waals surface area contributed by atoms with Gasteiger partial charge in [0.1, 0.15) is 0 Å². The van der Waals surface area contributed by atoms with Crippen LogP contribution in [-0.4, -0.2) is 17.1 Å². The molecule has 1 aliphatic carbocycles. The Balaban J connectivity index is 1.96. The predicted molar refractivity (Wildman–Crippen MR) is 83.7 cm³/mol. The third kappa shape index (κ3) is 8.57. The van der Waals surface area contributed by atoms with Crippen LogP contribution in [0.15, 0.2) is 0 Å². The number of carboxylic acids is 1. The fraction of sp³-hybridized carbons (Fsp3) is 0.941. The molecule has 0 spiro atoms. The zero-order valence-electron chi connectivity index (χ0n) is 13.2. The number of hydrogen-bond acceptors (Lipinski definition) is 2. The van der Waals surface area contributed by atoms with E-state index in [1.54, 1.807) is 0 Å². The first kappa shape index (κ1) is 17.5. The number of carboxylic acid groups (broad SMARTS) is 1. The van der Waals surface area contributed by atoms with E-state index in [1.807, 2.05) is 0 Å². The molecule has 3 nitrogen and oxygen atoms in total. The van der Waals surface area contributed by atoms with Gasteiger partial charge in [-0.15, -0.1) is 0 Å². The lowest BCUT2D eigenvalue weighted by atomic mass is 9.85. The minimum atomic E-state index is -0.780. The van der Waals surface area contributed by atoms with Crippen molar-refractivity contribution in [1.29, 1.82) is 0 Å². The Morgan fingerprint density at radius 2 is 1.85 bits per heavy atom. The Morgan fingerprint density at radius 3 is 2.50 bits per heavy atom. The first-order chi connectivity index (χ1) is 9.58. The van der Waals surface area contributed by atoms with Gasteiger partial charge < -0.3 is 10.8 Å². The van der Waals surface area contributed by atoms with Gasteiger partial charge in [-0.1, -0.05) is 64.7 Å². The number of nitrogens with two attached hydrogens (primary N) is 1. The van der Waals surface area contributed by atoms with Gasteiger partial charge in [0, 0.05) is 6.04 Å². The van der Waals surface area contributed by atoms with E-state index in [2.05, 4.69) is 6.92 Å². The highest BCUT2D eigenvalue weighted by Crippen LogP contribution is 2.28. The van der Waals surface area contributed by atoms with Crippen LogP contribution in [0.5, 0.6) is 0 Å². The van der Waals surface area contributed by atoms with Crippen LogP contribution < -0.4 is 5.73 Å². The van der Waals surface area contributed by atoms with Crippen molar-refractivity contribution < 1.29 is 9.90 Å². The SMILES string of the molecule is C[C@@H](CCCCC1CCCCC1)CC[C@H](N)CC(=O)O. The number of hydrogen-bond donors (Lipinski definition) is 2. The Kier molecular flexibility index (Phi) is 8.92. The molecule has 0 unspecified atom stereocenters. The Hall–Kier alpha value is -0.570. The molecular formula is C17H33NO2. The maximum Gasteiger partial charge on any atom is 0.304 e. The van der Waals surface area contributed by atoms with Gasteiger partial charge in [-0.05, 0) is 24.7 Å². The van der Waals surface area contributed by atoms with Crippen LogP contribution in [0.2, 0.25) is 0 Å². The van der Waals surface area contributed by atoms with Gasteiger partial charge in [0.05, 0.1) is 6.42 Å². The molecule has 0 aromatic carbocycles. The van der Waals surface area contributed by atoms with Crippen molar-refractivity contribution in [2.45, 2.75) is 90.0 Å². The zero-order chi connectivity index (χ0) is 14.8. The fourth-order valence-electron chi connectivity index (χ4n) is 3.37. The third-order valence-electron chi connectivity index (χ3n) is 4.75. The minimum Gasteiger partial charge on any atom is -0.481 e. The molecule has 118 valence electrons. The van der Waals surface area contributed by atoms with Gasteiger partial charge in [0.2, 0.25) is 0 Å². The fourth-order valence-corrected chi connectivity index (χ4v) is 3.37. The van der Waals surface area contributed by atoms with E-state index in [1.165, 1.54) is 57.8 Å². The zero-order valence-corrected chi connectivity index (χ0v) is 13.2. The van der Waals surface area contributed by atoms with Crippen molar-refractivity contribution in [1.82, 2.24) is 0 Å². The molecular weight excluding hydrogens is 250 g/mol. The molecule has 0 amide bonds. The summed E-state index contributed by atoms with van der Waals surface area (Å²) in [5, 5.41) is 8.67. The molecule has 3 N–H and O–H groups in total. The first-order valence-electron chi connectivity index (χ1n) is 8.55. The van der Waals surface area contributed by atoms with Crippen molar-refractivity contribution in [3.63, 3.8) is 0 Å². The summed E-state index contributed by atoms with van der Waals surface area (Å²) in [5.74, 6) is 0.905. The van der Waals surface area contributed by atoms with Gasteiger partial charge in [-0.2, -0.15) is 0 Å². The Bertz CT molecular complexity index is 262. The normalized spacial score (nSPS) is 19.7. The summed E-state index contributed by atoms with van der Waals surface area (Å²) in [6.07, 6.45) is 14.7. The Morgan fingerprint density at radius 1 is 1.15 bits per heavy atom. The molecule has 0 radical (unpaired) electrons. The smallest absolute Gasteiger partial charge is 0.304 e. The lowest BCUT2D eigenvalue weighted by molar-refractivity contribution is -0.137. The van der Waals surface area contributed by atoms with Crippen LogP contribution >= 0.6 is 0 Å². The van der Waals surface area contributed by atoms with E-state index in [0.717, 1.165) is 18.8 Å². The van der Waals surface area contributed by atoms with E-state index < -0.39 is 5.97 Å². The van der Waals surface area contributed by atoms with E-state index in [-0.39, 0.29) is 12.5 Å². The maximum atomic E-state index is 10.5. The van der Waals surface area contributed by atoms with Crippen molar-refractivity contribution in [2.24, 2.45) is 17.6 Å². The number of carbonyl (C=O) groups is 1. The van der Waals surface area contributed by atoms with Crippen LogP contribution in [0, 0.1) is 11.8 Å². The molecule has 1 saturated carbocycles. The van der Waals surface area contributed by atoms with E-state index in [4.69, 9.17) is 10.8 Å². The average molecular weight is 283 g/mol. The second kappa shape index (κ2) is 10.2. The summed E-state index contributed by atoms with van der Waals surface area (Å²) in [6.45, 7) is 2.27. The first-order valence-corrected chi connectivity index (χ1v) is 8.55. The summed E-state index contributed by atoms with van der Waals surface area (Å²) in [4.78, 5) is 10.5. The van der Waals surface area contributed by atoms with Crippen molar-refractivity contribution in [3.05, 3.63) is 0 Å². The topological polar surface area (TPSA) is 63.3 Å². The molecule has 20 heavy (non-hydrogen) atoms. The molecule has 2 atom stereocenters. The molecule has 1 rings (SSSR count). The average Bonchev–Trinajstić information content (AvgIpc) is 2.42. The highest BCUT2D eigenvalue weighted by Gasteiger charge is 2.13. The number of unbranched alkanes of at least 4 members (excludes halogenated alkanes) is 1. The van der Waals surface area contributed by atoms with E-state index in [0.29, 0.717) is 5.92 Å². The summed E-state index contributed by atoms with van der Waals surface area (Å²) < 4.78 is 0. The molecule has 3 heteroatoms. The summed E-state index contributed by atoms with van der Waals surface area (Å²) in [6, 6.07) is -0.169. The van der Waals surface area contributed by atoms with Crippen LogP contribution in [0.1, 0.15) is 84.0 Å². The lowest BCUT2D eigenvalue weighted by Crippen LogP contribution is -2.24. The highest BCUT2D eigenvalue weighted by atomic mass is 16.4. The summed E-state index contributed by atoms with van der Waals surface area (Å²) in [5.41, 5.74) is 5.79. The monoisotopic (exact) mass is 283 g/mol. The maximum absolute atomic E-state index is 10.5. The largest absolute Gasteiger partial charge is 0.481 e. The van der Waals surface area contributed by atoms with Gasteiger partial charge >= 0.3 is 5.97 Å². The van der Waals surface area contributed by atoms with E-state index in [9.17, 15) is 4.79 Å². The molecule has 0 aliphatic heterocycles. The molecule has 1 fully saturated rings.